The van der Waals surface area contributed by atoms with Crippen molar-refractivity contribution in [2.45, 2.75) is 32.4 Å². The fourth-order valence-corrected chi connectivity index (χ4v) is 3.66. The van der Waals surface area contributed by atoms with Gasteiger partial charge in [-0.15, -0.1) is 0 Å². The van der Waals surface area contributed by atoms with E-state index >= 15 is 0 Å². The Labute approximate surface area is 166 Å². The number of hydrogen-bond acceptors (Lipinski definition) is 2. The summed E-state index contributed by atoms with van der Waals surface area (Å²) < 4.78 is 46.1. The number of H-pyrrole nitrogens is 1. The van der Waals surface area contributed by atoms with Gasteiger partial charge in [-0.3, -0.25) is 0 Å². The van der Waals surface area contributed by atoms with Gasteiger partial charge < -0.3 is 15.5 Å². The predicted molar refractivity (Wildman–Crippen MR) is 107 cm³/mol. The van der Waals surface area contributed by atoms with Gasteiger partial charge in [-0.1, -0.05) is 11.6 Å². The molecule has 0 fully saturated rings. The Hall–Kier alpha value is -2.18. The molecule has 0 aliphatic heterocycles. The number of unbranched alkanes of at least 4 members (excludes halogenated alkanes) is 1. The number of ether oxygens (including phenoxy) is 1. The van der Waals surface area contributed by atoms with Gasteiger partial charge in [0.05, 0.1) is 22.7 Å². The van der Waals surface area contributed by atoms with E-state index in [0.29, 0.717) is 41.4 Å². The number of benzene rings is 2. The van der Waals surface area contributed by atoms with Crippen molar-refractivity contribution in [3.05, 3.63) is 52.5 Å². The summed E-state index contributed by atoms with van der Waals surface area (Å²) in [6.45, 7) is 2.96. The summed E-state index contributed by atoms with van der Waals surface area (Å²) in [5, 5.41) is 0.733. The SMILES string of the molecule is CCOc1ccc(-c2[nH]c3c(C(F)(F)F)ccc(Cl)c3c2CCCCN)cc1. The number of alkyl halides is 3. The lowest BCUT2D eigenvalue weighted by molar-refractivity contribution is -0.136. The summed E-state index contributed by atoms with van der Waals surface area (Å²) >= 11 is 6.33. The van der Waals surface area contributed by atoms with Crippen molar-refractivity contribution in [2.24, 2.45) is 5.73 Å². The lowest BCUT2D eigenvalue weighted by Gasteiger charge is -2.09. The number of fused-ring (bicyclic) bond motifs is 1. The van der Waals surface area contributed by atoms with Gasteiger partial charge in [-0.05, 0) is 80.3 Å². The van der Waals surface area contributed by atoms with Crippen LogP contribution in [0.25, 0.3) is 22.2 Å². The first kappa shape index (κ1) is 20.6. The molecule has 0 aliphatic rings. The van der Waals surface area contributed by atoms with Crippen LogP contribution in [0, 0.1) is 0 Å². The van der Waals surface area contributed by atoms with Crippen LogP contribution in [-0.4, -0.2) is 18.1 Å². The topological polar surface area (TPSA) is 51.0 Å². The summed E-state index contributed by atoms with van der Waals surface area (Å²) in [6, 6.07) is 9.62. The zero-order valence-corrected chi connectivity index (χ0v) is 16.3. The van der Waals surface area contributed by atoms with Crippen LogP contribution in [0.3, 0.4) is 0 Å². The van der Waals surface area contributed by atoms with Crippen LogP contribution in [0.4, 0.5) is 13.2 Å². The standard InChI is InChI=1S/C21H22ClF3N2O/c1-2-28-14-8-6-13(7-9-14)19-15(5-3-4-12-26)18-17(22)11-10-16(20(18)27-19)21(23,24)25/h6-11,27H,2-5,12,26H2,1H3. The van der Waals surface area contributed by atoms with Crippen molar-refractivity contribution in [3.63, 3.8) is 0 Å². The zero-order chi connectivity index (χ0) is 20.3. The van der Waals surface area contributed by atoms with Crippen LogP contribution in [0.1, 0.15) is 30.9 Å². The fourth-order valence-electron chi connectivity index (χ4n) is 3.39. The van der Waals surface area contributed by atoms with Crippen LogP contribution in [0.2, 0.25) is 5.02 Å². The number of halogens is 4. The number of aryl methyl sites for hydroxylation is 1. The van der Waals surface area contributed by atoms with Crippen molar-refractivity contribution in [1.29, 1.82) is 0 Å². The molecule has 2 aromatic carbocycles. The molecule has 0 aliphatic carbocycles. The molecule has 28 heavy (non-hydrogen) atoms. The Balaban J connectivity index is 2.19. The highest BCUT2D eigenvalue weighted by Gasteiger charge is 2.34. The Morgan fingerprint density at radius 2 is 1.79 bits per heavy atom. The molecule has 3 aromatic rings. The molecule has 7 heteroatoms. The lowest BCUT2D eigenvalue weighted by atomic mass is 9.99. The van der Waals surface area contributed by atoms with E-state index in [-0.39, 0.29) is 5.52 Å². The summed E-state index contributed by atoms with van der Waals surface area (Å²) in [5.41, 5.74) is 7.10. The molecule has 0 unspecified atom stereocenters. The highest BCUT2D eigenvalue weighted by molar-refractivity contribution is 6.36. The summed E-state index contributed by atoms with van der Waals surface area (Å²) in [6.07, 6.45) is -2.34. The van der Waals surface area contributed by atoms with Gasteiger partial charge in [0.1, 0.15) is 5.75 Å². The molecule has 3 rings (SSSR count). The summed E-state index contributed by atoms with van der Waals surface area (Å²) in [7, 11) is 0. The van der Waals surface area contributed by atoms with Gasteiger partial charge in [0.25, 0.3) is 0 Å². The Morgan fingerprint density at radius 3 is 2.39 bits per heavy atom. The molecule has 1 heterocycles. The van der Waals surface area contributed by atoms with Gasteiger partial charge in [0.2, 0.25) is 0 Å². The maximum Gasteiger partial charge on any atom is 0.418 e. The molecule has 0 saturated heterocycles. The molecule has 0 saturated carbocycles. The predicted octanol–water partition coefficient (Wildman–Crippen LogP) is 6.19. The van der Waals surface area contributed by atoms with Gasteiger partial charge in [-0.2, -0.15) is 13.2 Å². The minimum Gasteiger partial charge on any atom is -0.494 e. The smallest absolute Gasteiger partial charge is 0.418 e. The van der Waals surface area contributed by atoms with Crippen molar-refractivity contribution < 1.29 is 17.9 Å². The van der Waals surface area contributed by atoms with Gasteiger partial charge in [-0.25, -0.2) is 0 Å². The third kappa shape index (κ3) is 4.13. The molecule has 150 valence electrons. The summed E-state index contributed by atoms with van der Waals surface area (Å²) in [5.74, 6) is 0.709. The molecule has 3 N–H and O–H groups in total. The first-order valence-electron chi connectivity index (χ1n) is 9.20. The molecule has 0 radical (unpaired) electrons. The van der Waals surface area contributed by atoms with Crippen LogP contribution >= 0.6 is 11.6 Å². The second kappa shape index (κ2) is 8.45. The number of rotatable bonds is 7. The van der Waals surface area contributed by atoms with E-state index in [1.807, 2.05) is 19.1 Å². The molecular weight excluding hydrogens is 389 g/mol. The monoisotopic (exact) mass is 410 g/mol. The van der Waals surface area contributed by atoms with Crippen LogP contribution in [0.5, 0.6) is 5.75 Å². The largest absolute Gasteiger partial charge is 0.494 e. The molecule has 0 spiro atoms. The number of aromatic amines is 1. The van der Waals surface area contributed by atoms with Gasteiger partial charge in [0.15, 0.2) is 0 Å². The van der Waals surface area contributed by atoms with Crippen LogP contribution in [-0.2, 0) is 12.6 Å². The molecule has 0 atom stereocenters. The van der Waals surface area contributed by atoms with E-state index in [4.69, 9.17) is 22.1 Å². The highest BCUT2D eigenvalue weighted by Crippen LogP contribution is 2.42. The molecule has 0 amide bonds. The third-order valence-corrected chi connectivity index (χ3v) is 4.96. The van der Waals surface area contributed by atoms with E-state index in [1.165, 1.54) is 6.07 Å². The second-order valence-electron chi connectivity index (χ2n) is 6.52. The molecule has 0 bridgehead atoms. The van der Waals surface area contributed by atoms with Crippen molar-refractivity contribution >= 4 is 22.5 Å². The quantitative estimate of drug-likeness (QED) is 0.456. The van der Waals surface area contributed by atoms with Crippen LogP contribution < -0.4 is 10.5 Å². The third-order valence-electron chi connectivity index (χ3n) is 4.65. The molecular formula is C21H22ClF3N2O. The van der Waals surface area contributed by atoms with Crippen molar-refractivity contribution in [1.82, 2.24) is 4.98 Å². The van der Waals surface area contributed by atoms with E-state index in [9.17, 15) is 13.2 Å². The first-order valence-corrected chi connectivity index (χ1v) is 9.58. The average molecular weight is 411 g/mol. The maximum atomic E-state index is 13.5. The van der Waals surface area contributed by atoms with E-state index in [0.717, 1.165) is 30.0 Å². The zero-order valence-electron chi connectivity index (χ0n) is 15.5. The Kier molecular flexibility index (Phi) is 6.20. The average Bonchev–Trinajstić information content (AvgIpc) is 3.02. The molecule has 1 aromatic heterocycles. The van der Waals surface area contributed by atoms with Crippen LogP contribution in [0.15, 0.2) is 36.4 Å². The summed E-state index contributed by atoms with van der Waals surface area (Å²) in [4.78, 5) is 3.00. The molecule has 3 nitrogen and oxygen atoms in total. The van der Waals surface area contributed by atoms with Gasteiger partial charge in [0, 0.05) is 11.1 Å². The minimum atomic E-state index is -4.47. The van der Waals surface area contributed by atoms with Crippen molar-refractivity contribution in [3.8, 4) is 17.0 Å². The van der Waals surface area contributed by atoms with E-state index < -0.39 is 11.7 Å². The lowest BCUT2D eigenvalue weighted by Crippen LogP contribution is -2.05. The fraction of sp³-hybridized carbons (Fsp3) is 0.333. The number of aromatic nitrogens is 1. The minimum absolute atomic E-state index is 0.0200. The van der Waals surface area contributed by atoms with Gasteiger partial charge >= 0.3 is 6.18 Å². The Morgan fingerprint density at radius 1 is 1.07 bits per heavy atom. The van der Waals surface area contributed by atoms with E-state index in [2.05, 4.69) is 4.98 Å². The first-order chi connectivity index (χ1) is 13.4. The second-order valence-corrected chi connectivity index (χ2v) is 6.93. The Bertz CT molecular complexity index is 949. The number of nitrogens with one attached hydrogen (secondary N) is 1. The number of hydrogen-bond donors (Lipinski definition) is 2. The maximum absolute atomic E-state index is 13.5. The normalized spacial score (nSPS) is 11.9. The highest BCUT2D eigenvalue weighted by atomic mass is 35.5. The number of nitrogens with two attached hydrogens (primary N) is 1. The van der Waals surface area contributed by atoms with E-state index in [1.54, 1.807) is 12.1 Å². The van der Waals surface area contributed by atoms with Crippen molar-refractivity contribution in [2.75, 3.05) is 13.2 Å².